The number of hydrogen-bond donors (Lipinski definition) is 0. The minimum absolute atomic E-state index is 0. The van der Waals surface area contributed by atoms with E-state index in [1.54, 1.807) is 0 Å². The van der Waals surface area contributed by atoms with E-state index < -0.39 is 113 Å². The van der Waals surface area contributed by atoms with E-state index in [9.17, 15) is 123 Å². The van der Waals surface area contributed by atoms with Gasteiger partial charge in [-0.25, -0.2) is 16.8 Å². The first-order valence-corrected chi connectivity index (χ1v) is 15.4. The molecule has 8 nitrogen and oxygen atoms in total. The van der Waals surface area contributed by atoms with Crippen LogP contribution in [0.15, 0.2) is 82.0 Å². The van der Waals surface area contributed by atoms with Crippen LogP contribution in [0.25, 0.3) is 0 Å². The van der Waals surface area contributed by atoms with Crippen molar-refractivity contribution in [2.45, 2.75) is 57.7 Å². The van der Waals surface area contributed by atoms with Crippen LogP contribution in [0.5, 0.6) is 11.5 Å². The average Bonchev–Trinajstić information content (AvgIpc) is 3.02. The molecule has 0 aliphatic rings. The maximum absolute atomic E-state index is 13.4. The van der Waals surface area contributed by atoms with Gasteiger partial charge in [-0.15, -0.1) is 0 Å². The molecule has 0 aliphatic heterocycles. The van der Waals surface area contributed by atoms with E-state index in [0.29, 0.717) is 24.3 Å². The molecule has 0 heterocycles. The number of alkyl halides is 18. The molecule has 0 radical (unpaired) electrons. The summed E-state index contributed by atoms with van der Waals surface area (Å²) in [4.78, 5) is -3.01. The van der Waals surface area contributed by atoms with Crippen molar-refractivity contribution in [1.29, 1.82) is 0 Å². The molecule has 0 atom stereocenters. The zero-order valence-electron chi connectivity index (χ0n) is 25.7. The van der Waals surface area contributed by atoms with Crippen molar-refractivity contribution in [2.75, 3.05) is 0 Å². The molecule has 2 aromatic carbocycles. The number of para-hydroxylation sites is 2. The number of ether oxygens (including phenoxy) is 2. The van der Waals surface area contributed by atoms with Gasteiger partial charge in [-0.3, -0.25) is 0 Å². The van der Waals surface area contributed by atoms with Gasteiger partial charge in [-0.2, -0.15) is 96.6 Å². The largest absolute Gasteiger partial charge is 2.00 e. The van der Waals surface area contributed by atoms with E-state index in [1.165, 1.54) is 0 Å². The summed E-state index contributed by atoms with van der Waals surface area (Å²) in [5.41, 5.74) is 0. The van der Waals surface area contributed by atoms with Gasteiger partial charge in [0.25, 0.3) is 0 Å². The standard InChI is InChI=1S/2C12H5F11O4S.Ca/c2*13-7(9(15,16)10(17,18)11(19,20)12(21,22)23)8(14)27-5-3-1-2-4-6(5)28(24,25)26;/h2*1-4H,(H,24,25,26);/q;;+2/p-2. The smallest absolute Gasteiger partial charge is 0.744 e. The van der Waals surface area contributed by atoms with E-state index in [-0.39, 0.29) is 37.7 Å². The molecule has 0 aliphatic carbocycles. The second-order valence-electron chi connectivity index (χ2n) is 9.62. The molecule has 0 aromatic heterocycles. The van der Waals surface area contributed by atoms with Crippen molar-refractivity contribution in [3.63, 3.8) is 0 Å². The van der Waals surface area contributed by atoms with Gasteiger partial charge in [0.15, 0.2) is 0 Å². The maximum Gasteiger partial charge on any atom is 2.00 e. The first-order valence-electron chi connectivity index (χ1n) is 12.5. The molecule has 2 rings (SSSR count). The molecule has 0 saturated heterocycles. The Bertz CT molecular complexity index is 1900. The van der Waals surface area contributed by atoms with Gasteiger partial charge in [0.2, 0.25) is 11.7 Å². The molecule has 0 amide bonds. The first-order chi connectivity index (χ1) is 24.6. The Morgan fingerprint density at radius 3 is 0.877 bits per heavy atom. The summed E-state index contributed by atoms with van der Waals surface area (Å²) in [6, 6.07) is -2.38. The van der Waals surface area contributed by atoms with Crippen LogP contribution in [-0.4, -0.2) is 112 Å². The Hall–Kier alpha value is -2.94. The molecule has 57 heavy (non-hydrogen) atoms. The normalized spacial score (nSPS) is 15.0. The average molecular weight is 946 g/mol. The molecule has 320 valence electrons. The van der Waals surface area contributed by atoms with E-state index in [1.807, 2.05) is 0 Å². The summed E-state index contributed by atoms with van der Waals surface area (Å²) in [7, 11) is -11.0. The van der Waals surface area contributed by atoms with Crippen LogP contribution in [-0.2, 0) is 20.2 Å². The molecule has 0 bridgehead atoms. The van der Waals surface area contributed by atoms with E-state index in [4.69, 9.17) is 0 Å². The van der Waals surface area contributed by atoms with Crippen molar-refractivity contribution in [3.05, 3.63) is 72.2 Å². The number of hydrogen-bond acceptors (Lipinski definition) is 8. The summed E-state index contributed by atoms with van der Waals surface area (Å²) >= 11 is 0. The van der Waals surface area contributed by atoms with Gasteiger partial charge in [0, 0.05) is 0 Å². The van der Waals surface area contributed by atoms with Crippen molar-refractivity contribution in [2.24, 2.45) is 0 Å². The summed E-state index contributed by atoms with van der Waals surface area (Å²) < 4.78 is 353. The van der Waals surface area contributed by atoms with Crippen LogP contribution >= 0.6 is 0 Å². The Labute approximate surface area is 330 Å². The third-order valence-corrected chi connectivity index (χ3v) is 7.57. The molecule has 0 N–H and O–H groups in total. The molecular formula is C24H8CaF22O8S2. The quantitative estimate of drug-likeness (QED) is 0.0894. The third kappa shape index (κ3) is 10.8. The predicted octanol–water partition coefficient (Wildman–Crippen LogP) is 8.71. The summed E-state index contributed by atoms with van der Waals surface area (Å²) in [5.74, 6) is -55.7. The van der Waals surface area contributed by atoms with Gasteiger partial charge in [-0.1, -0.05) is 24.3 Å². The fraction of sp³-hybridized carbons (Fsp3) is 0.333. The van der Waals surface area contributed by atoms with Gasteiger partial charge in [0.1, 0.15) is 31.7 Å². The van der Waals surface area contributed by atoms with Gasteiger partial charge in [-0.05, 0) is 24.3 Å². The van der Waals surface area contributed by atoms with Crippen LogP contribution in [0, 0.1) is 0 Å². The number of allylic oxidation sites excluding steroid dienone is 2. The van der Waals surface area contributed by atoms with Crippen molar-refractivity contribution in [1.82, 2.24) is 0 Å². The Kier molecular flexibility index (Phi) is 16.4. The van der Waals surface area contributed by atoms with Gasteiger partial charge in [0.05, 0.1) is 9.79 Å². The molecular weight excluding hydrogens is 938 g/mol. The van der Waals surface area contributed by atoms with Gasteiger partial charge < -0.3 is 18.6 Å². The molecule has 0 saturated carbocycles. The van der Waals surface area contributed by atoms with Crippen molar-refractivity contribution >= 4 is 58.0 Å². The second kappa shape index (κ2) is 17.3. The molecule has 0 spiro atoms. The van der Waals surface area contributed by atoms with Crippen molar-refractivity contribution in [3.8, 4) is 11.5 Å². The molecule has 2 aromatic rings. The monoisotopic (exact) mass is 946 g/mol. The number of halogens is 22. The Balaban J connectivity index is 0.00000108. The first kappa shape index (κ1) is 54.1. The van der Waals surface area contributed by atoms with E-state index >= 15 is 0 Å². The van der Waals surface area contributed by atoms with E-state index in [0.717, 1.165) is 24.3 Å². The van der Waals surface area contributed by atoms with Crippen LogP contribution in [0.3, 0.4) is 0 Å². The number of rotatable bonds is 12. The topological polar surface area (TPSA) is 133 Å². The fourth-order valence-electron chi connectivity index (χ4n) is 3.04. The zero-order valence-corrected chi connectivity index (χ0v) is 29.6. The molecule has 33 heteroatoms. The SMILES string of the molecule is O=S(=O)([O-])c1ccccc1OC(F)=C(F)C(F)(F)C(F)(F)C(F)(F)C(F)(F)F.O=S(=O)([O-])c1ccccc1OC(F)=C(F)C(F)(F)C(F)(F)C(F)(F)C(F)(F)F.[Ca+2]. The summed E-state index contributed by atoms with van der Waals surface area (Å²) in [6.45, 7) is 0. The second-order valence-corrected chi connectivity index (χ2v) is 12.3. The minimum Gasteiger partial charge on any atom is -0.744 e. The minimum atomic E-state index is -7.52. The van der Waals surface area contributed by atoms with Crippen LogP contribution in [0.2, 0.25) is 0 Å². The van der Waals surface area contributed by atoms with Crippen LogP contribution < -0.4 is 9.47 Å². The van der Waals surface area contributed by atoms with Crippen LogP contribution in [0.4, 0.5) is 96.6 Å². The predicted molar refractivity (Wildman–Crippen MR) is 136 cm³/mol. The van der Waals surface area contributed by atoms with Crippen LogP contribution in [0.1, 0.15) is 0 Å². The fourth-order valence-corrected chi connectivity index (χ4v) is 4.24. The third-order valence-electron chi connectivity index (χ3n) is 5.82. The zero-order chi connectivity index (χ0) is 44.7. The molecule has 0 unspecified atom stereocenters. The molecule has 0 fully saturated rings. The Morgan fingerprint density at radius 2 is 0.667 bits per heavy atom. The Morgan fingerprint density at radius 1 is 0.439 bits per heavy atom. The van der Waals surface area contributed by atoms with Crippen molar-refractivity contribution < 1.29 is 132 Å². The van der Waals surface area contributed by atoms with E-state index in [2.05, 4.69) is 9.47 Å². The maximum atomic E-state index is 13.4. The van der Waals surface area contributed by atoms with Gasteiger partial charge >= 0.3 is 97.7 Å². The summed E-state index contributed by atoms with van der Waals surface area (Å²) in [5, 5.41) is 0. The number of benzene rings is 2. The summed E-state index contributed by atoms with van der Waals surface area (Å²) in [6.07, 6.45) is -14.6.